The van der Waals surface area contributed by atoms with E-state index in [2.05, 4.69) is 37.5 Å². The van der Waals surface area contributed by atoms with Gasteiger partial charge in [-0.3, -0.25) is 0 Å². The molecule has 0 saturated heterocycles. The van der Waals surface area contributed by atoms with Crippen molar-refractivity contribution in [3.8, 4) is 23.7 Å². The molecule has 0 rings (SSSR count). The fourth-order valence-corrected chi connectivity index (χ4v) is 2.20. The lowest BCUT2D eigenvalue weighted by Crippen LogP contribution is -2.14. The van der Waals surface area contributed by atoms with Gasteiger partial charge >= 0.3 is 11.9 Å². The first-order valence-electron chi connectivity index (χ1n) is 11.2. The Balaban J connectivity index is 3.33. The normalized spacial score (nSPS) is 9.87. The third-order valence-corrected chi connectivity index (χ3v) is 3.86. The molecule has 0 saturated carbocycles. The van der Waals surface area contributed by atoms with Crippen LogP contribution in [-0.2, 0) is 33.3 Å². The van der Waals surface area contributed by atoms with Gasteiger partial charge in [-0.15, -0.1) is 0 Å². The molecule has 0 aromatic carbocycles. The molecule has 31 heavy (non-hydrogen) atoms. The maximum absolute atomic E-state index is 11.4. The van der Waals surface area contributed by atoms with Gasteiger partial charge in [0, 0.05) is 24.7 Å². The zero-order valence-corrected chi connectivity index (χ0v) is 19.2. The molecule has 0 radical (unpaired) electrons. The van der Waals surface area contributed by atoms with Gasteiger partial charge in [-0.2, -0.15) is 0 Å². The Morgan fingerprint density at radius 3 is 1.26 bits per heavy atom. The van der Waals surface area contributed by atoms with Gasteiger partial charge in [0.05, 0.1) is 39.6 Å². The monoisotopic (exact) mass is 438 g/mol. The van der Waals surface area contributed by atoms with Crippen molar-refractivity contribution in [2.24, 2.45) is 0 Å². The second kappa shape index (κ2) is 24.2. The van der Waals surface area contributed by atoms with E-state index >= 15 is 0 Å². The van der Waals surface area contributed by atoms with Crippen LogP contribution >= 0.6 is 0 Å². The molecule has 0 aliphatic carbocycles. The molecule has 7 nitrogen and oxygen atoms in total. The van der Waals surface area contributed by atoms with Gasteiger partial charge in [-0.1, -0.05) is 51.4 Å². The lowest BCUT2D eigenvalue weighted by Gasteiger charge is -2.07. The minimum atomic E-state index is -0.516. The average molecular weight is 439 g/mol. The summed E-state index contributed by atoms with van der Waals surface area (Å²) in [6.07, 6.45) is 7.96. The number of carbonyl (C=O) groups is 2. The summed E-state index contributed by atoms with van der Waals surface area (Å²) < 4.78 is 25.8. The van der Waals surface area contributed by atoms with Crippen molar-refractivity contribution in [3.63, 3.8) is 0 Å². The summed E-state index contributed by atoms with van der Waals surface area (Å²) in [5.74, 6) is 9.51. The van der Waals surface area contributed by atoms with Gasteiger partial charge in [-0.25, -0.2) is 9.59 Å². The van der Waals surface area contributed by atoms with Crippen LogP contribution in [-0.4, -0.2) is 64.8 Å². The van der Waals surface area contributed by atoms with Crippen LogP contribution in [0.4, 0.5) is 0 Å². The number of rotatable bonds is 18. The average Bonchev–Trinajstić information content (AvgIpc) is 2.76. The number of ether oxygens (including phenoxy) is 5. The van der Waals surface area contributed by atoms with Crippen LogP contribution in [0.5, 0.6) is 0 Å². The lowest BCUT2D eigenvalue weighted by molar-refractivity contribution is -0.139. The lowest BCUT2D eigenvalue weighted by atomic mass is 10.2. The second-order valence-corrected chi connectivity index (χ2v) is 6.63. The molecule has 0 atom stereocenters. The third-order valence-electron chi connectivity index (χ3n) is 3.86. The van der Waals surface area contributed by atoms with Gasteiger partial charge in [0.15, 0.2) is 0 Å². The molecule has 0 aromatic heterocycles. The Hall–Kier alpha value is -2.06. The first-order valence-corrected chi connectivity index (χ1v) is 11.2. The summed E-state index contributed by atoms with van der Waals surface area (Å²) in [4.78, 5) is 22.7. The highest BCUT2D eigenvalue weighted by molar-refractivity contribution is 5.88. The fraction of sp³-hybridized carbons (Fsp3) is 0.750. The van der Waals surface area contributed by atoms with Crippen LogP contribution in [0, 0.1) is 23.7 Å². The number of carbonyl (C=O) groups excluding carboxylic acids is 2. The predicted molar refractivity (Wildman–Crippen MR) is 118 cm³/mol. The smallest absolute Gasteiger partial charge is 0.384 e. The molecule has 0 aromatic rings. The van der Waals surface area contributed by atoms with Crippen LogP contribution in [0.2, 0.25) is 0 Å². The van der Waals surface area contributed by atoms with E-state index < -0.39 is 11.9 Å². The molecule has 0 aliphatic heterocycles. The van der Waals surface area contributed by atoms with Crippen molar-refractivity contribution in [2.45, 2.75) is 65.2 Å². The molecule has 0 unspecified atom stereocenters. The Morgan fingerprint density at radius 1 is 0.548 bits per heavy atom. The Kier molecular flexibility index (Phi) is 22.6. The number of hydrogen-bond acceptors (Lipinski definition) is 7. The first-order chi connectivity index (χ1) is 15.2. The largest absolute Gasteiger partial charge is 0.454 e. The van der Waals surface area contributed by atoms with Gasteiger partial charge in [0.1, 0.15) is 13.2 Å². The van der Waals surface area contributed by atoms with Crippen molar-refractivity contribution in [1.82, 2.24) is 0 Å². The highest BCUT2D eigenvalue weighted by Gasteiger charge is 1.98. The van der Waals surface area contributed by atoms with E-state index in [4.69, 9.17) is 23.7 Å². The molecule has 0 amide bonds. The molecule has 0 bridgehead atoms. The maximum atomic E-state index is 11.4. The fourth-order valence-electron chi connectivity index (χ4n) is 2.20. The van der Waals surface area contributed by atoms with Gasteiger partial charge in [0.25, 0.3) is 0 Å². The van der Waals surface area contributed by atoms with E-state index in [1.807, 2.05) is 0 Å². The number of unbranched alkanes of at least 4 members (excludes halogenated alkanes) is 6. The Labute approximate surface area is 187 Å². The molecule has 0 heterocycles. The van der Waals surface area contributed by atoms with Crippen molar-refractivity contribution in [2.75, 3.05) is 52.9 Å². The van der Waals surface area contributed by atoms with E-state index in [1.54, 1.807) is 0 Å². The number of esters is 2. The Bertz CT molecular complexity index is 516. The van der Waals surface area contributed by atoms with Crippen LogP contribution in [0.25, 0.3) is 0 Å². The maximum Gasteiger partial charge on any atom is 0.384 e. The molecule has 7 heteroatoms. The first kappa shape index (κ1) is 28.9. The summed E-state index contributed by atoms with van der Waals surface area (Å²) in [5, 5.41) is 0. The highest BCUT2D eigenvalue weighted by atomic mass is 16.6. The third kappa shape index (κ3) is 24.1. The van der Waals surface area contributed by atoms with Crippen LogP contribution in [0.15, 0.2) is 0 Å². The summed E-state index contributed by atoms with van der Waals surface area (Å²) in [6, 6.07) is 0. The molecule has 0 N–H and O–H groups in total. The molecule has 0 aliphatic rings. The second-order valence-electron chi connectivity index (χ2n) is 6.63. The zero-order valence-electron chi connectivity index (χ0n) is 19.2. The van der Waals surface area contributed by atoms with Crippen LogP contribution < -0.4 is 0 Å². The van der Waals surface area contributed by atoms with Gasteiger partial charge in [0.2, 0.25) is 0 Å². The summed E-state index contributed by atoms with van der Waals surface area (Å²) >= 11 is 0. The van der Waals surface area contributed by atoms with Crippen molar-refractivity contribution < 1.29 is 33.3 Å². The van der Waals surface area contributed by atoms with E-state index in [-0.39, 0.29) is 13.2 Å². The van der Waals surface area contributed by atoms with Gasteiger partial charge < -0.3 is 23.7 Å². The van der Waals surface area contributed by atoms with E-state index in [0.29, 0.717) is 39.6 Å². The standard InChI is InChI=1S/C24H38O7/c1-3-5-7-9-11-13-23(25)30-21-19-28-17-15-27-16-18-29-20-22-31-24(26)14-12-10-8-6-4-2/h3-10,15-22H2,1-2H3. The minimum Gasteiger partial charge on any atom is -0.454 e. The van der Waals surface area contributed by atoms with E-state index in [1.165, 1.54) is 0 Å². The Morgan fingerprint density at radius 2 is 0.903 bits per heavy atom. The SMILES string of the molecule is CCCCCC#CC(=O)OCCOCCOCCOCCOC(=O)C#CCCCCC. The van der Waals surface area contributed by atoms with E-state index in [9.17, 15) is 9.59 Å². The summed E-state index contributed by atoms with van der Waals surface area (Å²) in [6.45, 7) is 6.82. The van der Waals surface area contributed by atoms with Crippen molar-refractivity contribution in [1.29, 1.82) is 0 Å². The summed E-state index contributed by atoms with van der Waals surface area (Å²) in [5.41, 5.74) is 0. The molecular formula is C24H38O7. The van der Waals surface area contributed by atoms with Crippen molar-refractivity contribution in [3.05, 3.63) is 0 Å². The molecule has 0 fully saturated rings. The topological polar surface area (TPSA) is 80.3 Å². The van der Waals surface area contributed by atoms with E-state index in [0.717, 1.165) is 51.4 Å². The van der Waals surface area contributed by atoms with Gasteiger partial charge in [-0.05, 0) is 12.8 Å². The predicted octanol–water partition coefficient (Wildman–Crippen LogP) is 3.29. The molecule has 176 valence electrons. The number of hydrogen-bond donors (Lipinski definition) is 0. The summed E-state index contributed by atoms with van der Waals surface area (Å²) in [7, 11) is 0. The minimum absolute atomic E-state index is 0.174. The molecular weight excluding hydrogens is 400 g/mol. The molecule has 0 spiro atoms. The highest BCUT2D eigenvalue weighted by Crippen LogP contribution is 1.97. The van der Waals surface area contributed by atoms with Crippen LogP contribution in [0.3, 0.4) is 0 Å². The quantitative estimate of drug-likeness (QED) is 0.141. The van der Waals surface area contributed by atoms with Crippen LogP contribution in [0.1, 0.15) is 65.2 Å². The van der Waals surface area contributed by atoms with Crippen molar-refractivity contribution >= 4 is 11.9 Å². The zero-order chi connectivity index (χ0) is 22.8.